The van der Waals surface area contributed by atoms with Crippen LogP contribution in [0.5, 0.6) is 0 Å². The molecule has 0 saturated heterocycles. The first-order valence-electron chi connectivity index (χ1n) is 2.55. The predicted octanol–water partition coefficient (Wildman–Crippen LogP) is 1.45. The van der Waals surface area contributed by atoms with Crippen molar-refractivity contribution < 1.29 is 4.74 Å². The van der Waals surface area contributed by atoms with Gasteiger partial charge in [-0.05, 0) is 20.3 Å². The third-order valence-electron chi connectivity index (χ3n) is 0.724. The summed E-state index contributed by atoms with van der Waals surface area (Å²) in [5, 5.41) is 0. The van der Waals surface area contributed by atoms with Crippen molar-refractivity contribution >= 4 is 0 Å². The Labute approximate surface area is 45.7 Å². The summed E-state index contributed by atoms with van der Waals surface area (Å²) in [4.78, 5) is 0. The molecule has 0 fully saturated rings. The first kappa shape index (κ1) is 6.96. The van der Waals surface area contributed by atoms with E-state index in [1.54, 1.807) is 0 Å². The van der Waals surface area contributed by atoms with Crippen LogP contribution in [0.2, 0.25) is 0 Å². The Bertz CT molecular complexity index is 35.2. The maximum atomic E-state index is 5.02. The van der Waals surface area contributed by atoms with Crippen molar-refractivity contribution in [2.45, 2.75) is 19.4 Å². The molecular weight excluding hydrogens is 88.1 g/mol. The van der Waals surface area contributed by atoms with Gasteiger partial charge in [0.2, 0.25) is 0 Å². The lowest BCUT2D eigenvalue weighted by atomic mass is 10.3. The predicted molar refractivity (Wildman–Crippen MR) is 30.7 cm³/mol. The van der Waals surface area contributed by atoms with Crippen LogP contribution in [0.3, 0.4) is 0 Å². The van der Waals surface area contributed by atoms with Crippen LogP contribution in [0.1, 0.15) is 13.3 Å². The molecular formula is C6H12O. The number of hydrogen-bond donors (Lipinski definition) is 0. The summed E-state index contributed by atoms with van der Waals surface area (Å²) in [6.45, 7) is 9.97. The number of ether oxygens (including phenoxy) is 1. The summed E-state index contributed by atoms with van der Waals surface area (Å²) in [5.41, 5.74) is 0. The van der Waals surface area contributed by atoms with E-state index < -0.39 is 0 Å². The first-order chi connectivity index (χ1) is 3.31. The normalized spacial score (nSPS) is 14.1. The lowest BCUT2D eigenvalue weighted by Crippen LogP contribution is -2.05. The molecule has 0 aliphatic carbocycles. The van der Waals surface area contributed by atoms with Gasteiger partial charge in [0, 0.05) is 6.61 Å². The average Bonchev–Trinajstić information content (AvgIpc) is 1.68. The highest BCUT2D eigenvalue weighted by Crippen LogP contribution is 1.91. The van der Waals surface area contributed by atoms with Gasteiger partial charge in [0.05, 0.1) is 6.10 Å². The Balaban J connectivity index is 2.83. The SMILES string of the molecule is [CH2]CC([CH2])OCC. The topological polar surface area (TPSA) is 9.23 Å². The minimum atomic E-state index is 0.0880. The quantitative estimate of drug-likeness (QED) is 0.521. The summed E-state index contributed by atoms with van der Waals surface area (Å²) in [6.07, 6.45) is 0.846. The highest BCUT2D eigenvalue weighted by Gasteiger charge is 1.92. The zero-order valence-corrected chi connectivity index (χ0v) is 4.81. The lowest BCUT2D eigenvalue weighted by Gasteiger charge is -2.05. The molecule has 0 aliphatic heterocycles. The lowest BCUT2D eigenvalue weighted by molar-refractivity contribution is 0.0962. The van der Waals surface area contributed by atoms with E-state index >= 15 is 0 Å². The van der Waals surface area contributed by atoms with Crippen molar-refractivity contribution in [3.8, 4) is 0 Å². The van der Waals surface area contributed by atoms with Gasteiger partial charge in [-0.3, -0.25) is 0 Å². The van der Waals surface area contributed by atoms with Crippen molar-refractivity contribution in [3.63, 3.8) is 0 Å². The van der Waals surface area contributed by atoms with Crippen LogP contribution in [0.15, 0.2) is 0 Å². The highest BCUT2D eigenvalue weighted by atomic mass is 16.5. The van der Waals surface area contributed by atoms with Gasteiger partial charge in [0.1, 0.15) is 0 Å². The largest absolute Gasteiger partial charge is 0.379 e. The van der Waals surface area contributed by atoms with Crippen LogP contribution < -0.4 is 0 Å². The number of rotatable bonds is 3. The monoisotopic (exact) mass is 100 g/mol. The molecule has 42 valence electrons. The van der Waals surface area contributed by atoms with Crippen LogP contribution in [0, 0.1) is 13.8 Å². The zero-order valence-electron chi connectivity index (χ0n) is 4.81. The van der Waals surface area contributed by atoms with Crippen molar-refractivity contribution in [1.82, 2.24) is 0 Å². The Hall–Kier alpha value is -0.0400. The molecule has 0 aromatic rings. The van der Waals surface area contributed by atoms with Crippen molar-refractivity contribution in [2.75, 3.05) is 6.61 Å². The maximum Gasteiger partial charge on any atom is 0.0576 e. The van der Waals surface area contributed by atoms with Gasteiger partial charge < -0.3 is 4.74 Å². The Kier molecular flexibility index (Phi) is 4.10. The zero-order chi connectivity index (χ0) is 5.70. The van der Waals surface area contributed by atoms with Crippen LogP contribution in [-0.2, 0) is 4.74 Å². The van der Waals surface area contributed by atoms with Gasteiger partial charge in [-0.1, -0.05) is 6.92 Å². The molecule has 0 aromatic heterocycles. The second-order valence-corrected chi connectivity index (χ2v) is 1.37. The summed E-state index contributed by atoms with van der Waals surface area (Å²) >= 11 is 0. The minimum Gasteiger partial charge on any atom is -0.379 e. The van der Waals surface area contributed by atoms with Gasteiger partial charge in [-0.2, -0.15) is 0 Å². The van der Waals surface area contributed by atoms with Crippen molar-refractivity contribution in [1.29, 1.82) is 0 Å². The minimum absolute atomic E-state index is 0.0880. The van der Waals surface area contributed by atoms with E-state index in [1.165, 1.54) is 0 Å². The Morgan fingerprint density at radius 1 is 1.71 bits per heavy atom. The van der Waals surface area contributed by atoms with Crippen molar-refractivity contribution in [3.05, 3.63) is 13.8 Å². The van der Waals surface area contributed by atoms with E-state index in [9.17, 15) is 0 Å². The molecule has 0 amide bonds. The summed E-state index contributed by atoms with van der Waals surface area (Å²) in [7, 11) is 0. The third-order valence-corrected chi connectivity index (χ3v) is 0.724. The van der Waals surface area contributed by atoms with E-state index in [4.69, 9.17) is 4.74 Å². The van der Waals surface area contributed by atoms with E-state index in [1.807, 2.05) is 6.92 Å². The summed E-state index contributed by atoms with van der Waals surface area (Å²) in [6, 6.07) is 0. The van der Waals surface area contributed by atoms with Crippen LogP contribution >= 0.6 is 0 Å². The molecule has 0 N–H and O–H groups in total. The first-order valence-corrected chi connectivity index (χ1v) is 2.55. The molecule has 0 heterocycles. The average molecular weight is 100 g/mol. The van der Waals surface area contributed by atoms with Crippen LogP contribution in [-0.4, -0.2) is 12.7 Å². The third kappa shape index (κ3) is 3.80. The summed E-state index contributed by atoms with van der Waals surface area (Å²) in [5.74, 6) is 0. The Morgan fingerprint density at radius 3 is 2.43 bits per heavy atom. The van der Waals surface area contributed by atoms with E-state index in [-0.39, 0.29) is 6.10 Å². The fourth-order valence-corrected chi connectivity index (χ4v) is 0.319. The molecule has 1 heteroatoms. The molecule has 0 rings (SSSR count). The smallest absolute Gasteiger partial charge is 0.0576 e. The molecule has 0 bridgehead atoms. The fraction of sp³-hybridized carbons (Fsp3) is 0.667. The van der Waals surface area contributed by atoms with E-state index in [0.29, 0.717) is 0 Å². The van der Waals surface area contributed by atoms with Crippen LogP contribution in [0.4, 0.5) is 0 Å². The van der Waals surface area contributed by atoms with E-state index in [0.717, 1.165) is 13.0 Å². The Morgan fingerprint density at radius 2 is 2.29 bits per heavy atom. The van der Waals surface area contributed by atoms with Crippen molar-refractivity contribution in [2.24, 2.45) is 0 Å². The molecule has 7 heavy (non-hydrogen) atoms. The molecule has 0 aliphatic rings. The van der Waals surface area contributed by atoms with E-state index in [2.05, 4.69) is 13.8 Å². The van der Waals surface area contributed by atoms with Gasteiger partial charge in [-0.25, -0.2) is 0 Å². The van der Waals surface area contributed by atoms with Gasteiger partial charge in [0.15, 0.2) is 0 Å². The molecule has 1 atom stereocenters. The molecule has 0 spiro atoms. The number of hydrogen-bond acceptors (Lipinski definition) is 1. The van der Waals surface area contributed by atoms with Gasteiger partial charge in [0.25, 0.3) is 0 Å². The highest BCUT2D eigenvalue weighted by molar-refractivity contribution is 4.59. The molecule has 0 aromatic carbocycles. The second kappa shape index (κ2) is 4.13. The second-order valence-electron chi connectivity index (χ2n) is 1.37. The van der Waals surface area contributed by atoms with Crippen LogP contribution in [0.25, 0.3) is 0 Å². The fourth-order valence-electron chi connectivity index (χ4n) is 0.319. The van der Waals surface area contributed by atoms with Gasteiger partial charge in [-0.15, -0.1) is 0 Å². The standard InChI is InChI=1S/C6H12O/c1-4-6(3)7-5-2/h6H,1,3-5H2,2H3. The molecule has 1 unspecified atom stereocenters. The maximum absolute atomic E-state index is 5.02. The van der Waals surface area contributed by atoms with Gasteiger partial charge >= 0.3 is 0 Å². The summed E-state index contributed by atoms with van der Waals surface area (Å²) < 4.78 is 5.02. The molecule has 1 nitrogen and oxygen atoms in total. The molecule has 2 radical (unpaired) electrons. The molecule has 0 saturated carbocycles.